The number of anilines is 3. The van der Waals surface area contributed by atoms with Crippen molar-refractivity contribution in [2.24, 2.45) is 10.4 Å². The number of aliphatic imine (C=N–C) groups is 1. The van der Waals surface area contributed by atoms with Crippen molar-refractivity contribution in [1.29, 1.82) is 0 Å². The lowest BCUT2D eigenvalue weighted by Crippen LogP contribution is -2.52. The first-order valence-electron chi connectivity index (χ1n) is 27.5. The fourth-order valence-corrected chi connectivity index (χ4v) is 12.6. The van der Waals surface area contributed by atoms with E-state index in [1.165, 1.54) is 89.1 Å². The summed E-state index contributed by atoms with van der Waals surface area (Å²) in [5.41, 5.74) is 29.0. The van der Waals surface area contributed by atoms with E-state index in [0.29, 0.717) is 5.92 Å². The number of nitrogens with zero attached hydrogens (tertiary/aromatic N) is 2. The van der Waals surface area contributed by atoms with Crippen molar-refractivity contribution < 1.29 is 0 Å². The minimum Gasteiger partial charge on any atom is -0.398 e. The molecule has 376 valence electrons. The van der Waals surface area contributed by atoms with E-state index in [4.69, 9.17) is 10.7 Å². The van der Waals surface area contributed by atoms with E-state index in [-0.39, 0.29) is 23.9 Å². The van der Waals surface area contributed by atoms with Crippen LogP contribution in [0.25, 0.3) is 55.8 Å². The van der Waals surface area contributed by atoms with E-state index in [2.05, 4.69) is 248 Å². The monoisotopic (exact) mass is 991 g/mol. The average Bonchev–Trinajstić information content (AvgIpc) is 3.89. The molecule has 0 amide bonds. The Morgan fingerprint density at radius 2 is 1.32 bits per heavy atom. The highest BCUT2D eigenvalue weighted by Crippen LogP contribution is 2.48. The van der Waals surface area contributed by atoms with Gasteiger partial charge in [-0.05, 0) is 141 Å². The highest BCUT2D eigenvalue weighted by molar-refractivity contribution is 6.07. The molecule has 0 radical (unpaired) electrons. The third-order valence-electron chi connectivity index (χ3n) is 16.5. The molecule has 5 aliphatic rings. The molecule has 0 saturated heterocycles. The van der Waals surface area contributed by atoms with Gasteiger partial charge >= 0.3 is 0 Å². The first-order chi connectivity index (χ1) is 37.2. The van der Waals surface area contributed by atoms with Crippen LogP contribution in [0.1, 0.15) is 105 Å². The lowest BCUT2D eigenvalue weighted by molar-refractivity contribution is 0.344. The van der Waals surface area contributed by atoms with E-state index >= 15 is 0 Å². The molecule has 5 N–H and O–H groups in total. The first kappa shape index (κ1) is 47.5. The van der Waals surface area contributed by atoms with Gasteiger partial charge in [-0.1, -0.05) is 203 Å². The van der Waals surface area contributed by atoms with Gasteiger partial charge in [-0.15, -0.1) is 0 Å². The number of rotatable bonds is 9. The van der Waals surface area contributed by atoms with Crippen LogP contribution in [0, 0.1) is 5.41 Å². The number of hydrogen-bond donors (Lipinski definition) is 4. The zero-order chi connectivity index (χ0) is 51.3. The predicted octanol–water partition coefficient (Wildman–Crippen LogP) is 16.6. The van der Waals surface area contributed by atoms with Gasteiger partial charge < -0.3 is 21.3 Å². The van der Waals surface area contributed by atoms with Crippen molar-refractivity contribution in [1.82, 2.24) is 10.6 Å². The van der Waals surface area contributed by atoms with Gasteiger partial charge in [-0.2, -0.15) is 0 Å². The molecule has 6 heteroatoms. The van der Waals surface area contributed by atoms with Crippen molar-refractivity contribution in [3.05, 3.63) is 245 Å². The number of amidine groups is 1. The molecule has 0 bridgehead atoms. The normalized spacial score (nSPS) is 20.1. The van der Waals surface area contributed by atoms with Crippen LogP contribution < -0.4 is 26.6 Å². The van der Waals surface area contributed by atoms with Gasteiger partial charge in [0, 0.05) is 39.4 Å². The number of nitrogen functional groups attached to an aromatic ring is 1. The topological polar surface area (TPSA) is 77.7 Å². The summed E-state index contributed by atoms with van der Waals surface area (Å²) in [6.45, 7) is 6.99. The van der Waals surface area contributed by atoms with Crippen molar-refractivity contribution in [2.75, 3.05) is 16.0 Å². The molecule has 76 heavy (non-hydrogen) atoms. The second-order valence-corrected chi connectivity index (χ2v) is 22.4. The number of para-hydroxylation sites is 1. The van der Waals surface area contributed by atoms with Crippen LogP contribution >= 0.6 is 0 Å². The molecule has 3 aliphatic carbocycles. The Bertz CT molecular complexity index is 3670. The summed E-state index contributed by atoms with van der Waals surface area (Å²) >= 11 is 0. The summed E-state index contributed by atoms with van der Waals surface area (Å²) in [5.74, 6) is 1.26. The molecule has 13 rings (SSSR count). The van der Waals surface area contributed by atoms with E-state index < -0.39 is 0 Å². The molecule has 8 aromatic carbocycles. The van der Waals surface area contributed by atoms with Gasteiger partial charge in [0.05, 0.1) is 11.4 Å². The molecule has 6 nitrogen and oxygen atoms in total. The Kier molecular flexibility index (Phi) is 12.4. The molecule has 8 aromatic rings. The molecule has 4 atom stereocenters. The van der Waals surface area contributed by atoms with Gasteiger partial charge in [-0.25, -0.2) is 4.99 Å². The molecule has 2 aliphatic heterocycles. The Labute approximate surface area is 448 Å². The smallest absolute Gasteiger partial charge is 0.132 e. The molecule has 0 aromatic heterocycles. The van der Waals surface area contributed by atoms with E-state index in [9.17, 15) is 0 Å². The molecule has 2 heterocycles. The maximum absolute atomic E-state index is 7.19. The van der Waals surface area contributed by atoms with Gasteiger partial charge in [-0.3, -0.25) is 5.32 Å². The summed E-state index contributed by atoms with van der Waals surface area (Å²) in [6.07, 6.45) is 18.9. The van der Waals surface area contributed by atoms with Crippen LogP contribution in [0.15, 0.2) is 216 Å². The second-order valence-electron chi connectivity index (χ2n) is 22.4. The summed E-state index contributed by atoms with van der Waals surface area (Å²) in [7, 11) is 0. The van der Waals surface area contributed by atoms with Gasteiger partial charge in [0.1, 0.15) is 24.3 Å². The largest absolute Gasteiger partial charge is 0.398 e. The highest BCUT2D eigenvalue weighted by Gasteiger charge is 2.39. The molecular weight excluding hydrogens is 925 g/mol. The Morgan fingerprint density at radius 1 is 0.605 bits per heavy atom. The highest BCUT2D eigenvalue weighted by atomic mass is 15.3. The fraction of sp³-hybridized carbons (Fsp3) is 0.214. The maximum atomic E-state index is 7.19. The third-order valence-corrected chi connectivity index (χ3v) is 16.5. The maximum Gasteiger partial charge on any atom is 0.132 e. The van der Waals surface area contributed by atoms with Crippen LogP contribution in [0.4, 0.5) is 17.1 Å². The molecular formula is C70H66N6. The minimum atomic E-state index is -0.175. The number of fused-ring (bicyclic) bond motifs is 4. The van der Waals surface area contributed by atoms with Crippen molar-refractivity contribution in [3.63, 3.8) is 0 Å². The van der Waals surface area contributed by atoms with Crippen molar-refractivity contribution in [2.45, 2.75) is 90.1 Å². The number of nitrogens with one attached hydrogen (secondary N) is 3. The number of allylic oxidation sites excluding steroid dienone is 6. The zero-order valence-corrected chi connectivity index (χ0v) is 43.9. The zero-order valence-electron chi connectivity index (χ0n) is 43.9. The summed E-state index contributed by atoms with van der Waals surface area (Å²) in [5, 5.41) is 14.4. The van der Waals surface area contributed by atoms with Gasteiger partial charge in [0.2, 0.25) is 0 Å². The van der Waals surface area contributed by atoms with E-state index in [1.807, 2.05) is 0 Å². The van der Waals surface area contributed by atoms with E-state index in [0.717, 1.165) is 73.2 Å². The van der Waals surface area contributed by atoms with Gasteiger partial charge in [0.15, 0.2) is 0 Å². The standard InChI is InChI=1S/C70H66N6/c1-70(2,3)69-72-63-44-52(56-26-13-12-25-55(56)46-18-6-4-7-19-46)38-41-64(63)76(69)54-39-36-48(37-40-54)59-31-17-30-58(65(59)71)47-34-32-45(33-35-47)50-23-16-24-53(42-50)67-73-66(49-20-8-5-9-21-49)74-68(75-67)62-43-51-22-10-11-27-57(51)60-28-14-15-29-61(60)62/h4-13,15,17-22,25-27,29-36,38-39,41-44,50,66-67,69,72-73H,14,16,23-24,28,37,40,71H2,1-3H3,(H,74,75). The van der Waals surface area contributed by atoms with Crippen LogP contribution in [0.5, 0.6) is 0 Å². The average molecular weight is 991 g/mol. The summed E-state index contributed by atoms with van der Waals surface area (Å²) < 4.78 is 0. The summed E-state index contributed by atoms with van der Waals surface area (Å²) in [4.78, 5) is 7.96. The molecule has 0 fully saturated rings. The van der Waals surface area contributed by atoms with Crippen LogP contribution in [-0.4, -0.2) is 18.2 Å². The number of benzene rings is 8. The van der Waals surface area contributed by atoms with Gasteiger partial charge in [0.25, 0.3) is 0 Å². The Hall–Kier alpha value is -8.19. The van der Waals surface area contributed by atoms with Crippen LogP contribution in [0.2, 0.25) is 0 Å². The van der Waals surface area contributed by atoms with Crippen LogP contribution in [0.3, 0.4) is 0 Å². The second kappa shape index (κ2) is 19.8. The Morgan fingerprint density at radius 3 is 2.11 bits per heavy atom. The third kappa shape index (κ3) is 8.94. The molecule has 4 unspecified atom stereocenters. The predicted molar refractivity (Wildman–Crippen MR) is 320 cm³/mol. The quantitative estimate of drug-likeness (QED) is 0.0856. The first-order valence-corrected chi connectivity index (χ1v) is 27.5. The van der Waals surface area contributed by atoms with Crippen molar-refractivity contribution in [3.8, 4) is 33.4 Å². The van der Waals surface area contributed by atoms with Crippen molar-refractivity contribution >= 4 is 45.3 Å². The number of nitrogens with two attached hydrogens (primary N) is 1. The lowest BCUT2D eigenvalue weighted by atomic mass is 9.83. The fourth-order valence-electron chi connectivity index (χ4n) is 12.6. The Balaban J connectivity index is 0.751. The number of aryl methyl sites for hydroxylation is 1. The lowest BCUT2D eigenvalue weighted by Gasteiger charge is -2.38. The minimum absolute atomic E-state index is 0.0260. The van der Waals surface area contributed by atoms with E-state index in [1.54, 1.807) is 0 Å². The number of hydrogen-bond acceptors (Lipinski definition) is 6. The van der Waals surface area contributed by atoms with Crippen LogP contribution in [-0.2, 0) is 6.42 Å². The molecule has 0 spiro atoms. The SMILES string of the molecule is CC(C)(C)C1Nc2cc(-c3ccccc3-c3ccccc3)ccc2N1C1=CC=C(c2cccc(-c3ccc(C4C=C(C5NC(c6cc7ccccc7c7c6C=CCC7)=NC(c6ccccc6)N5)CCC4)cc3)c2N)CC1. The molecule has 0 saturated carbocycles. The summed E-state index contributed by atoms with van der Waals surface area (Å²) in [6, 6.07) is 64.0.